The normalized spacial score (nSPS) is 10.1. The van der Waals surface area contributed by atoms with Crippen LogP contribution in [0.5, 0.6) is 0 Å². The second kappa shape index (κ2) is 6.68. The molecule has 1 aromatic carbocycles. The first kappa shape index (κ1) is 13.2. The Bertz CT molecular complexity index is 385. The highest BCUT2D eigenvalue weighted by molar-refractivity contribution is 5.94. The van der Waals surface area contributed by atoms with E-state index in [0.29, 0.717) is 0 Å². The van der Waals surface area contributed by atoms with E-state index in [1.807, 2.05) is 24.3 Å². The van der Waals surface area contributed by atoms with Gasteiger partial charge >= 0.3 is 5.97 Å². The topological polar surface area (TPSA) is 87.2 Å². The lowest BCUT2D eigenvalue weighted by Gasteiger charge is -2.03. The van der Waals surface area contributed by atoms with Crippen molar-refractivity contribution in [2.24, 2.45) is 5.73 Å². The van der Waals surface area contributed by atoms with E-state index in [0.717, 1.165) is 31.2 Å². The molecule has 0 unspecified atom stereocenters. The van der Waals surface area contributed by atoms with E-state index in [4.69, 9.17) is 16.2 Å². The largest absolute Gasteiger partial charge is 0.481 e. The van der Waals surface area contributed by atoms with E-state index in [1.54, 1.807) is 0 Å². The molecule has 1 rings (SSSR count). The zero-order valence-electron chi connectivity index (χ0n) is 9.78. The molecular weight excluding hydrogens is 216 g/mol. The fourth-order valence-electron chi connectivity index (χ4n) is 1.63. The van der Waals surface area contributed by atoms with Gasteiger partial charge in [-0.15, -0.1) is 0 Å². The van der Waals surface area contributed by atoms with E-state index in [1.165, 1.54) is 5.56 Å². The van der Waals surface area contributed by atoms with Crippen LogP contribution in [0.2, 0.25) is 0 Å². The molecule has 0 bridgehead atoms. The summed E-state index contributed by atoms with van der Waals surface area (Å²) in [5.41, 5.74) is 7.29. The van der Waals surface area contributed by atoms with Crippen LogP contribution in [0.4, 0.5) is 0 Å². The molecule has 0 saturated heterocycles. The number of benzene rings is 1. The number of nitrogen functional groups attached to an aromatic ring is 1. The molecule has 0 amide bonds. The molecule has 0 spiro atoms. The minimum Gasteiger partial charge on any atom is -0.481 e. The maximum atomic E-state index is 10.3. The van der Waals surface area contributed by atoms with Crippen LogP contribution in [-0.2, 0) is 11.2 Å². The van der Waals surface area contributed by atoms with Gasteiger partial charge < -0.3 is 10.8 Å². The lowest BCUT2D eigenvalue weighted by Crippen LogP contribution is -2.10. The Morgan fingerprint density at radius 3 is 2.35 bits per heavy atom. The molecule has 0 aliphatic carbocycles. The van der Waals surface area contributed by atoms with Crippen molar-refractivity contribution in [2.45, 2.75) is 32.1 Å². The fraction of sp³-hybridized carbons (Fsp3) is 0.385. The van der Waals surface area contributed by atoms with Gasteiger partial charge in [-0.1, -0.05) is 30.7 Å². The minimum atomic E-state index is -0.726. The second-order valence-electron chi connectivity index (χ2n) is 4.06. The molecule has 92 valence electrons. The molecule has 0 saturated carbocycles. The summed E-state index contributed by atoms with van der Waals surface area (Å²) in [6, 6.07) is 7.62. The minimum absolute atomic E-state index is 0.0815. The van der Waals surface area contributed by atoms with Crippen molar-refractivity contribution in [3.05, 3.63) is 35.4 Å². The average molecular weight is 234 g/mol. The standard InChI is InChI=1S/C13H18N2O2/c14-13(15)11-8-6-10(7-9-11)4-2-1-3-5-12(16)17/h6-9H,1-5H2,(H3,14,15)(H,16,17). The summed E-state index contributed by atoms with van der Waals surface area (Å²) in [5, 5.41) is 15.7. The summed E-state index contributed by atoms with van der Waals surface area (Å²) in [6.45, 7) is 0. The molecule has 0 aliphatic heterocycles. The predicted octanol–water partition coefficient (Wildman–Crippen LogP) is 2.16. The number of nitrogens with two attached hydrogens (primary N) is 1. The van der Waals surface area contributed by atoms with Crippen LogP contribution in [0.3, 0.4) is 0 Å². The van der Waals surface area contributed by atoms with Gasteiger partial charge in [0, 0.05) is 12.0 Å². The number of carbonyl (C=O) groups is 1. The summed E-state index contributed by atoms with van der Waals surface area (Å²) in [5.74, 6) is -0.645. The van der Waals surface area contributed by atoms with Crippen molar-refractivity contribution in [1.82, 2.24) is 0 Å². The first-order chi connectivity index (χ1) is 8.09. The van der Waals surface area contributed by atoms with Crippen LogP contribution in [-0.4, -0.2) is 16.9 Å². The Kier molecular flexibility index (Phi) is 5.20. The number of rotatable bonds is 7. The Morgan fingerprint density at radius 1 is 1.18 bits per heavy atom. The number of amidine groups is 1. The summed E-state index contributed by atoms with van der Waals surface area (Å²) < 4.78 is 0. The molecule has 0 fully saturated rings. The molecule has 0 aliphatic rings. The monoisotopic (exact) mass is 234 g/mol. The predicted molar refractivity (Wildman–Crippen MR) is 67.3 cm³/mol. The van der Waals surface area contributed by atoms with Gasteiger partial charge in [0.1, 0.15) is 5.84 Å². The number of carboxylic acids is 1. The van der Waals surface area contributed by atoms with Crippen molar-refractivity contribution in [3.63, 3.8) is 0 Å². The maximum Gasteiger partial charge on any atom is 0.303 e. The average Bonchev–Trinajstić information content (AvgIpc) is 2.29. The summed E-state index contributed by atoms with van der Waals surface area (Å²) in [7, 11) is 0. The van der Waals surface area contributed by atoms with Gasteiger partial charge in [0.15, 0.2) is 0 Å². The number of carboxylic acid groups (broad SMARTS) is 1. The van der Waals surface area contributed by atoms with E-state index in [-0.39, 0.29) is 12.3 Å². The van der Waals surface area contributed by atoms with Crippen LogP contribution >= 0.6 is 0 Å². The van der Waals surface area contributed by atoms with Crippen LogP contribution in [0.25, 0.3) is 0 Å². The molecule has 0 aromatic heterocycles. The van der Waals surface area contributed by atoms with E-state index >= 15 is 0 Å². The van der Waals surface area contributed by atoms with Crippen molar-refractivity contribution in [3.8, 4) is 0 Å². The Balaban J connectivity index is 2.27. The van der Waals surface area contributed by atoms with Crippen molar-refractivity contribution < 1.29 is 9.90 Å². The SMILES string of the molecule is N=C(N)c1ccc(CCCCCC(=O)O)cc1. The molecule has 4 nitrogen and oxygen atoms in total. The number of hydrogen-bond donors (Lipinski definition) is 3. The van der Waals surface area contributed by atoms with E-state index in [9.17, 15) is 4.79 Å². The van der Waals surface area contributed by atoms with Crippen molar-refractivity contribution in [2.75, 3.05) is 0 Å². The molecule has 0 radical (unpaired) electrons. The number of aliphatic carboxylic acids is 1. The van der Waals surface area contributed by atoms with Gasteiger partial charge in [0.2, 0.25) is 0 Å². The zero-order valence-corrected chi connectivity index (χ0v) is 9.78. The fourth-order valence-corrected chi connectivity index (χ4v) is 1.63. The molecular formula is C13H18N2O2. The zero-order chi connectivity index (χ0) is 12.7. The third-order valence-electron chi connectivity index (χ3n) is 2.62. The van der Waals surface area contributed by atoms with Gasteiger partial charge in [0.25, 0.3) is 0 Å². The molecule has 1 aromatic rings. The van der Waals surface area contributed by atoms with Crippen molar-refractivity contribution >= 4 is 11.8 Å². The van der Waals surface area contributed by atoms with Crippen LogP contribution in [0.1, 0.15) is 36.8 Å². The summed E-state index contributed by atoms with van der Waals surface area (Å²) >= 11 is 0. The molecule has 0 heterocycles. The number of unbranched alkanes of at least 4 members (excludes halogenated alkanes) is 2. The highest BCUT2D eigenvalue weighted by atomic mass is 16.4. The second-order valence-corrected chi connectivity index (χ2v) is 4.06. The maximum absolute atomic E-state index is 10.3. The molecule has 4 heteroatoms. The van der Waals surface area contributed by atoms with Crippen LogP contribution in [0.15, 0.2) is 24.3 Å². The van der Waals surface area contributed by atoms with Crippen molar-refractivity contribution in [1.29, 1.82) is 5.41 Å². The third kappa shape index (κ3) is 5.15. The number of aryl methyl sites for hydroxylation is 1. The highest BCUT2D eigenvalue weighted by Crippen LogP contribution is 2.09. The van der Waals surface area contributed by atoms with Gasteiger partial charge in [-0.25, -0.2) is 0 Å². The first-order valence-corrected chi connectivity index (χ1v) is 5.74. The van der Waals surface area contributed by atoms with Gasteiger partial charge in [-0.05, 0) is 24.8 Å². The summed E-state index contributed by atoms with van der Waals surface area (Å²) in [4.78, 5) is 10.3. The highest BCUT2D eigenvalue weighted by Gasteiger charge is 1.99. The third-order valence-corrected chi connectivity index (χ3v) is 2.62. The van der Waals surface area contributed by atoms with Crippen LogP contribution in [0, 0.1) is 5.41 Å². The van der Waals surface area contributed by atoms with Crippen LogP contribution < -0.4 is 5.73 Å². The Morgan fingerprint density at radius 2 is 1.82 bits per heavy atom. The Labute approximate surface area is 101 Å². The van der Waals surface area contributed by atoms with Gasteiger partial charge in [0.05, 0.1) is 0 Å². The first-order valence-electron chi connectivity index (χ1n) is 5.74. The summed E-state index contributed by atoms with van der Waals surface area (Å²) in [6.07, 6.45) is 3.86. The molecule has 0 atom stereocenters. The number of nitrogens with one attached hydrogen (secondary N) is 1. The van der Waals surface area contributed by atoms with E-state index in [2.05, 4.69) is 0 Å². The van der Waals surface area contributed by atoms with Gasteiger partial charge in [-0.2, -0.15) is 0 Å². The Hall–Kier alpha value is -1.84. The lowest BCUT2D eigenvalue weighted by atomic mass is 10.0. The molecule has 17 heavy (non-hydrogen) atoms. The van der Waals surface area contributed by atoms with E-state index < -0.39 is 5.97 Å². The number of hydrogen-bond acceptors (Lipinski definition) is 2. The quantitative estimate of drug-likeness (QED) is 0.384. The smallest absolute Gasteiger partial charge is 0.303 e. The lowest BCUT2D eigenvalue weighted by molar-refractivity contribution is -0.137. The van der Waals surface area contributed by atoms with Gasteiger partial charge in [-0.3, -0.25) is 10.2 Å². The molecule has 4 N–H and O–H groups in total.